The quantitative estimate of drug-likeness (QED) is 0.181. The van der Waals surface area contributed by atoms with Crippen LogP contribution in [0.15, 0.2) is 6.20 Å². The first-order chi connectivity index (χ1) is 12.3. The molecule has 1 aromatic heterocycles. The summed E-state index contributed by atoms with van der Waals surface area (Å²) in [5, 5.41) is 12.8. The molecule has 0 saturated carbocycles. The van der Waals surface area contributed by atoms with Crippen molar-refractivity contribution >= 4 is 28.5 Å². The molecule has 2 rings (SSSR count). The molecule has 1 saturated heterocycles. The molecule has 2 atom stereocenters. The summed E-state index contributed by atoms with van der Waals surface area (Å²) < 4.78 is 31.9. The molecule has 5 N–H and O–H groups in total. The second-order valence-corrected chi connectivity index (χ2v) is 6.79. The van der Waals surface area contributed by atoms with Gasteiger partial charge in [0, 0.05) is 6.42 Å². The number of nitrogens with two attached hydrogens (primary N) is 1. The number of hydrogen-bond donors (Lipinski definition) is 4. The van der Waals surface area contributed by atoms with Crippen LogP contribution in [-0.4, -0.2) is 69.1 Å². The van der Waals surface area contributed by atoms with Crippen LogP contribution in [0.1, 0.15) is 18.5 Å². The molecule has 144 valence electrons. The van der Waals surface area contributed by atoms with Gasteiger partial charge in [0.25, 0.3) is 5.91 Å². The Morgan fingerprint density at radius 3 is 2.81 bits per heavy atom. The zero-order valence-corrected chi connectivity index (χ0v) is 14.4. The molecule has 13 nitrogen and oxygen atoms in total. The van der Waals surface area contributed by atoms with Gasteiger partial charge in [-0.25, -0.2) is 4.31 Å². The lowest BCUT2D eigenvalue weighted by atomic mass is 9.99. The van der Waals surface area contributed by atoms with Crippen LogP contribution in [0.5, 0.6) is 0 Å². The third-order valence-electron chi connectivity index (χ3n) is 3.67. The zero-order chi connectivity index (χ0) is 19.3. The minimum absolute atomic E-state index is 0.116. The van der Waals surface area contributed by atoms with Crippen LogP contribution < -0.4 is 16.4 Å². The lowest BCUT2D eigenvalue weighted by molar-refractivity contribution is -0.145. The third-order valence-corrected chi connectivity index (χ3v) is 4.62. The van der Waals surface area contributed by atoms with E-state index in [1.165, 1.54) is 6.20 Å². The van der Waals surface area contributed by atoms with Crippen LogP contribution in [-0.2, 0) is 37.8 Å². The molecule has 0 radical (unpaired) electrons. The van der Waals surface area contributed by atoms with E-state index in [9.17, 15) is 22.8 Å². The van der Waals surface area contributed by atoms with E-state index in [1.54, 1.807) is 0 Å². The monoisotopic (exact) mass is 389 g/mol. The Bertz CT molecular complexity index is 779. The van der Waals surface area contributed by atoms with Crippen LogP contribution in [0.2, 0.25) is 0 Å². The highest BCUT2D eigenvalue weighted by molar-refractivity contribution is 7.84. The molecule has 0 bridgehead atoms. The van der Waals surface area contributed by atoms with Crippen molar-refractivity contribution in [2.75, 3.05) is 6.54 Å². The number of nitrogens with zero attached hydrogens (tertiary/aromatic N) is 4. The van der Waals surface area contributed by atoms with Gasteiger partial charge in [-0.1, -0.05) is 0 Å². The van der Waals surface area contributed by atoms with Gasteiger partial charge < -0.3 is 16.4 Å². The van der Waals surface area contributed by atoms with E-state index in [0.717, 1.165) is 4.80 Å². The van der Waals surface area contributed by atoms with Crippen LogP contribution in [0.3, 0.4) is 0 Å². The van der Waals surface area contributed by atoms with Crippen molar-refractivity contribution < 1.29 is 27.4 Å². The number of hydrogen-bond acceptors (Lipinski definition) is 8. The highest BCUT2D eigenvalue weighted by Gasteiger charge is 2.53. The van der Waals surface area contributed by atoms with Gasteiger partial charge in [0.2, 0.25) is 12.3 Å². The second kappa shape index (κ2) is 8.20. The first-order valence-corrected chi connectivity index (χ1v) is 9.03. The average Bonchev–Trinajstić information content (AvgIpc) is 3.02. The summed E-state index contributed by atoms with van der Waals surface area (Å²) in [6.07, 6.45) is 2.47. The number of rotatable bonds is 10. The SMILES string of the molecule is NCCCC(=O)NCc1cnn(CC2C(NC=O)C(=O)N2S(=O)(=O)O)n1. The number of aromatic nitrogens is 3. The highest BCUT2D eigenvalue weighted by atomic mass is 32.2. The fourth-order valence-electron chi connectivity index (χ4n) is 2.45. The summed E-state index contributed by atoms with van der Waals surface area (Å²) in [6.45, 7) is 0.340. The highest BCUT2D eigenvalue weighted by Crippen LogP contribution is 2.24. The van der Waals surface area contributed by atoms with Crippen molar-refractivity contribution in [3.05, 3.63) is 11.9 Å². The van der Waals surface area contributed by atoms with Crippen LogP contribution in [0.25, 0.3) is 0 Å². The maximum Gasteiger partial charge on any atom is 0.362 e. The largest absolute Gasteiger partial charge is 0.362 e. The first kappa shape index (κ1) is 19.7. The number of β-lactam (4-membered cyclic amide) rings is 1. The minimum atomic E-state index is -4.77. The lowest BCUT2D eigenvalue weighted by Gasteiger charge is -2.43. The van der Waals surface area contributed by atoms with E-state index in [0.29, 0.717) is 18.7 Å². The molecule has 0 spiro atoms. The third kappa shape index (κ3) is 4.53. The van der Waals surface area contributed by atoms with Crippen molar-refractivity contribution in [1.29, 1.82) is 0 Å². The zero-order valence-electron chi connectivity index (χ0n) is 13.6. The van der Waals surface area contributed by atoms with E-state index in [1.807, 2.05) is 0 Å². The molecule has 2 unspecified atom stereocenters. The number of carbonyl (C=O) groups excluding carboxylic acids is 3. The van der Waals surface area contributed by atoms with Crippen LogP contribution >= 0.6 is 0 Å². The van der Waals surface area contributed by atoms with Gasteiger partial charge in [-0.15, -0.1) is 0 Å². The summed E-state index contributed by atoms with van der Waals surface area (Å²) in [4.78, 5) is 34.9. The Balaban J connectivity index is 1.98. The van der Waals surface area contributed by atoms with Gasteiger partial charge in [-0.3, -0.25) is 18.9 Å². The summed E-state index contributed by atoms with van der Waals surface area (Å²) >= 11 is 0. The maximum atomic E-state index is 11.7. The van der Waals surface area contributed by atoms with Gasteiger partial charge >= 0.3 is 10.3 Å². The van der Waals surface area contributed by atoms with Crippen molar-refractivity contribution in [2.45, 2.75) is 38.0 Å². The fourth-order valence-corrected chi connectivity index (χ4v) is 3.32. The molecule has 1 aliphatic rings. The lowest BCUT2D eigenvalue weighted by Crippen LogP contribution is -2.72. The molecule has 1 aromatic rings. The van der Waals surface area contributed by atoms with E-state index < -0.39 is 28.3 Å². The molecule has 1 aliphatic heterocycles. The van der Waals surface area contributed by atoms with Gasteiger partial charge in [0.15, 0.2) is 0 Å². The number of nitrogens with one attached hydrogen (secondary N) is 2. The normalized spacial score (nSPS) is 19.8. The van der Waals surface area contributed by atoms with Gasteiger partial charge in [0.1, 0.15) is 17.8 Å². The van der Waals surface area contributed by atoms with E-state index >= 15 is 0 Å². The van der Waals surface area contributed by atoms with E-state index in [2.05, 4.69) is 20.8 Å². The minimum Gasteiger partial charge on any atom is -0.350 e. The molecular weight excluding hydrogens is 370 g/mol. The number of carbonyl (C=O) groups is 3. The van der Waals surface area contributed by atoms with Crippen molar-refractivity contribution in [2.24, 2.45) is 5.73 Å². The predicted molar refractivity (Wildman–Crippen MR) is 85.3 cm³/mol. The van der Waals surface area contributed by atoms with Crippen molar-refractivity contribution in [3.8, 4) is 0 Å². The van der Waals surface area contributed by atoms with Crippen LogP contribution in [0.4, 0.5) is 0 Å². The molecule has 0 aromatic carbocycles. The fraction of sp³-hybridized carbons (Fsp3) is 0.583. The average molecular weight is 389 g/mol. The first-order valence-electron chi connectivity index (χ1n) is 7.64. The summed E-state index contributed by atoms with van der Waals surface area (Å²) in [5.74, 6) is -1.15. The molecular formula is C12H19N7O6S. The molecule has 0 aliphatic carbocycles. The van der Waals surface area contributed by atoms with Crippen molar-refractivity contribution in [1.82, 2.24) is 29.9 Å². The van der Waals surface area contributed by atoms with Gasteiger partial charge in [-0.05, 0) is 13.0 Å². The molecule has 1 fully saturated rings. The molecule has 2 heterocycles. The van der Waals surface area contributed by atoms with E-state index in [-0.39, 0.29) is 36.1 Å². The Morgan fingerprint density at radius 1 is 1.46 bits per heavy atom. The maximum absolute atomic E-state index is 11.7. The van der Waals surface area contributed by atoms with Crippen LogP contribution in [0, 0.1) is 0 Å². The Morgan fingerprint density at radius 2 is 2.19 bits per heavy atom. The van der Waals surface area contributed by atoms with Gasteiger partial charge in [0.05, 0.1) is 19.3 Å². The predicted octanol–water partition coefficient (Wildman–Crippen LogP) is -3.24. The molecule has 14 heteroatoms. The molecule has 26 heavy (non-hydrogen) atoms. The summed E-state index contributed by atoms with van der Waals surface area (Å²) in [7, 11) is -4.77. The Kier molecular flexibility index (Phi) is 6.23. The topological polar surface area (TPSA) is 190 Å². The van der Waals surface area contributed by atoms with E-state index in [4.69, 9.17) is 10.3 Å². The Labute approximate surface area is 148 Å². The second-order valence-electron chi connectivity index (χ2n) is 5.50. The number of amides is 3. The summed E-state index contributed by atoms with van der Waals surface area (Å²) in [6, 6.07) is -2.18. The standard InChI is InChI=1S/C12H19N7O6S/c13-3-1-2-10(21)14-4-8-5-16-18(17-8)6-9-11(15-7-20)12(22)19(9)26(23,24)25/h5,7,9,11H,1-4,6,13H2,(H,14,21)(H,15,20)(H,23,24,25). The van der Waals surface area contributed by atoms with Crippen molar-refractivity contribution in [3.63, 3.8) is 0 Å². The summed E-state index contributed by atoms with van der Waals surface area (Å²) in [5.41, 5.74) is 5.73. The van der Waals surface area contributed by atoms with Gasteiger partial charge in [-0.2, -0.15) is 23.4 Å². The smallest absolute Gasteiger partial charge is 0.350 e. The molecule has 3 amide bonds. The Hall–Kier alpha value is -2.58.